The van der Waals surface area contributed by atoms with Crippen molar-refractivity contribution >= 4 is 12.2 Å². The molecule has 1 N–H and O–H groups in total. The lowest BCUT2D eigenvalue weighted by molar-refractivity contribution is -0.137. The normalized spacial score (nSPS) is 11.6. The van der Waals surface area contributed by atoms with Gasteiger partial charge in [0, 0.05) is 23.7 Å². The van der Waals surface area contributed by atoms with Crippen LogP contribution in [0.2, 0.25) is 0 Å². The lowest BCUT2D eigenvalue weighted by Gasteiger charge is -2.10. The van der Waals surface area contributed by atoms with Gasteiger partial charge >= 0.3 is 6.18 Å². The van der Waals surface area contributed by atoms with Crippen LogP contribution < -0.4 is 0 Å². The van der Waals surface area contributed by atoms with E-state index in [4.69, 9.17) is 12.2 Å². The van der Waals surface area contributed by atoms with Gasteiger partial charge in [-0.1, -0.05) is 12.2 Å². The van der Waals surface area contributed by atoms with Crippen LogP contribution in [0.5, 0.6) is 0 Å². The summed E-state index contributed by atoms with van der Waals surface area (Å²) >= 11 is 4.83. The zero-order chi connectivity index (χ0) is 13.3. The van der Waals surface area contributed by atoms with Crippen molar-refractivity contribution in [2.75, 3.05) is 0 Å². The number of nitrogens with one attached hydrogen (secondary N) is 1. The van der Waals surface area contributed by atoms with Crippen molar-refractivity contribution < 1.29 is 13.2 Å². The Hall–Kier alpha value is -1.69. The number of aromatic nitrogens is 2. The second kappa shape index (κ2) is 4.53. The Bertz CT molecular complexity index is 632. The maximum Gasteiger partial charge on any atom is 0.416 e. The van der Waals surface area contributed by atoms with E-state index in [1.807, 2.05) is 0 Å². The van der Waals surface area contributed by atoms with Gasteiger partial charge in [0.15, 0.2) is 0 Å². The predicted octanol–water partition coefficient (Wildman–Crippen LogP) is 4.13. The summed E-state index contributed by atoms with van der Waals surface area (Å²) in [6.07, 6.45) is -1.29. The van der Waals surface area contributed by atoms with Crippen molar-refractivity contribution in [2.24, 2.45) is 0 Å². The van der Waals surface area contributed by atoms with Crippen molar-refractivity contribution in [3.05, 3.63) is 46.4 Å². The van der Waals surface area contributed by atoms with Crippen LogP contribution in [0.1, 0.15) is 11.1 Å². The molecular formula is C12H9F3N2S. The lowest BCUT2D eigenvalue weighted by Crippen LogP contribution is -2.06. The summed E-state index contributed by atoms with van der Waals surface area (Å²) in [6.45, 7) is 1.78. The highest BCUT2D eigenvalue weighted by atomic mass is 32.1. The molecule has 2 aromatic heterocycles. The van der Waals surface area contributed by atoms with Crippen LogP contribution in [0.25, 0.3) is 11.3 Å². The molecule has 0 aliphatic rings. The molecule has 2 aromatic rings. The van der Waals surface area contributed by atoms with Gasteiger partial charge in [0.1, 0.15) is 4.64 Å². The van der Waals surface area contributed by atoms with Gasteiger partial charge in [-0.2, -0.15) is 13.2 Å². The van der Waals surface area contributed by atoms with E-state index in [9.17, 15) is 13.2 Å². The third-order valence-corrected chi connectivity index (χ3v) is 2.70. The number of hydrogen-bond donors (Lipinski definition) is 1. The first-order chi connectivity index (χ1) is 8.38. The van der Waals surface area contributed by atoms with Gasteiger partial charge in [-0.25, -0.2) is 0 Å². The monoisotopic (exact) mass is 270 g/mol. The van der Waals surface area contributed by atoms with E-state index in [1.165, 1.54) is 6.20 Å². The number of aryl methyl sites for hydroxylation is 1. The van der Waals surface area contributed by atoms with Crippen LogP contribution in [0.15, 0.2) is 30.6 Å². The van der Waals surface area contributed by atoms with Crippen molar-refractivity contribution in [3.63, 3.8) is 0 Å². The first-order valence-corrected chi connectivity index (χ1v) is 5.51. The molecule has 2 heterocycles. The number of nitrogens with zero attached hydrogens (tertiary/aromatic N) is 1. The van der Waals surface area contributed by atoms with Gasteiger partial charge in [-0.15, -0.1) is 0 Å². The van der Waals surface area contributed by atoms with E-state index in [0.717, 1.165) is 17.7 Å². The Morgan fingerprint density at radius 1 is 1.28 bits per heavy atom. The fourth-order valence-corrected chi connectivity index (χ4v) is 1.86. The largest absolute Gasteiger partial charge is 0.416 e. The van der Waals surface area contributed by atoms with Crippen molar-refractivity contribution in [3.8, 4) is 11.3 Å². The van der Waals surface area contributed by atoms with Gasteiger partial charge in [-0.05, 0) is 30.7 Å². The van der Waals surface area contributed by atoms with Crippen LogP contribution in [0.3, 0.4) is 0 Å². The third kappa shape index (κ3) is 2.59. The molecule has 2 rings (SSSR count). The van der Waals surface area contributed by atoms with Gasteiger partial charge < -0.3 is 4.98 Å². The van der Waals surface area contributed by atoms with Crippen molar-refractivity contribution in [1.29, 1.82) is 0 Å². The molecule has 0 atom stereocenters. The van der Waals surface area contributed by atoms with Gasteiger partial charge in [0.2, 0.25) is 0 Å². The van der Waals surface area contributed by atoms with E-state index in [2.05, 4.69) is 9.97 Å². The quantitative estimate of drug-likeness (QED) is 0.789. The molecule has 18 heavy (non-hydrogen) atoms. The fraction of sp³-hybridized carbons (Fsp3) is 0.167. The smallest absolute Gasteiger partial charge is 0.346 e. The summed E-state index contributed by atoms with van der Waals surface area (Å²) in [5.74, 6) is 0. The number of alkyl halides is 3. The Kier molecular flexibility index (Phi) is 3.21. The van der Waals surface area contributed by atoms with Crippen LogP contribution in [-0.2, 0) is 6.18 Å². The predicted molar refractivity (Wildman–Crippen MR) is 64.6 cm³/mol. The molecule has 0 aromatic carbocycles. The Labute approximate surface area is 107 Å². The fourth-order valence-electron chi connectivity index (χ4n) is 1.63. The number of hydrogen-bond acceptors (Lipinski definition) is 2. The lowest BCUT2D eigenvalue weighted by atomic mass is 10.1. The highest BCUT2D eigenvalue weighted by molar-refractivity contribution is 7.71. The molecule has 2 nitrogen and oxygen atoms in total. The first kappa shape index (κ1) is 12.8. The first-order valence-electron chi connectivity index (χ1n) is 5.10. The summed E-state index contributed by atoms with van der Waals surface area (Å²) in [6, 6.07) is 3.61. The second-order valence-corrected chi connectivity index (χ2v) is 4.28. The standard InChI is InChI=1S/C12H9F3N2S/c1-7-6-16-3-2-9(7)10-4-8(12(13,14)15)5-11(18)17-10/h2-6H,1H3,(H,17,18). The molecule has 0 spiro atoms. The molecule has 0 radical (unpaired) electrons. The van der Waals surface area contributed by atoms with E-state index in [1.54, 1.807) is 19.2 Å². The minimum Gasteiger partial charge on any atom is -0.346 e. The molecule has 0 aliphatic carbocycles. The molecule has 0 aliphatic heterocycles. The van der Waals surface area contributed by atoms with E-state index in [-0.39, 0.29) is 4.64 Å². The number of aromatic amines is 1. The minimum absolute atomic E-state index is 0.0519. The Morgan fingerprint density at radius 3 is 2.61 bits per heavy atom. The molecule has 6 heteroatoms. The molecule has 0 amide bonds. The number of pyridine rings is 2. The van der Waals surface area contributed by atoms with Gasteiger partial charge in [-0.3, -0.25) is 4.98 Å². The highest BCUT2D eigenvalue weighted by Gasteiger charge is 2.31. The topological polar surface area (TPSA) is 28.7 Å². The second-order valence-electron chi connectivity index (χ2n) is 3.84. The summed E-state index contributed by atoms with van der Waals surface area (Å²) in [4.78, 5) is 6.67. The molecule has 0 saturated carbocycles. The van der Waals surface area contributed by atoms with E-state index < -0.39 is 11.7 Å². The van der Waals surface area contributed by atoms with Gasteiger partial charge in [0.25, 0.3) is 0 Å². The van der Waals surface area contributed by atoms with Crippen LogP contribution in [0.4, 0.5) is 13.2 Å². The maximum absolute atomic E-state index is 12.7. The average Bonchev–Trinajstić information content (AvgIpc) is 2.27. The van der Waals surface area contributed by atoms with Crippen LogP contribution >= 0.6 is 12.2 Å². The van der Waals surface area contributed by atoms with Crippen molar-refractivity contribution in [2.45, 2.75) is 13.1 Å². The molecule has 0 saturated heterocycles. The number of rotatable bonds is 1. The molecular weight excluding hydrogens is 261 g/mol. The summed E-state index contributed by atoms with van der Waals surface area (Å²) in [5, 5.41) is 0. The Balaban J connectivity index is 2.63. The number of H-pyrrole nitrogens is 1. The zero-order valence-electron chi connectivity index (χ0n) is 9.38. The van der Waals surface area contributed by atoms with E-state index >= 15 is 0 Å². The highest BCUT2D eigenvalue weighted by Crippen LogP contribution is 2.32. The minimum atomic E-state index is -4.40. The van der Waals surface area contributed by atoms with Crippen LogP contribution in [0, 0.1) is 11.6 Å². The van der Waals surface area contributed by atoms with Crippen molar-refractivity contribution in [1.82, 2.24) is 9.97 Å². The zero-order valence-corrected chi connectivity index (χ0v) is 10.2. The molecule has 94 valence electrons. The maximum atomic E-state index is 12.7. The van der Waals surface area contributed by atoms with Crippen LogP contribution in [-0.4, -0.2) is 9.97 Å². The SMILES string of the molecule is Cc1cnccc1-c1cc(C(F)(F)F)cc(=S)[nH]1. The summed E-state index contributed by atoms with van der Waals surface area (Å²) in [5.41, 5.74) is 1.02. The summed E-state index contributed by atoms with van der Waals surface area (Å²) in [7, 11) is 0. The summed E-state index contributed by atoms with van der Waals surface area (Å²) < 4.78 is 38.1. The third-order valence-electron chi connectivity index (χ3n) is 2.48. The van der Waals surface area contributed by atoms with Gasteiger partial charge in [0.05, 0.1) is 5.56 Å². The molecule has 0 bridgehead atoms. The average molecular weight is 270 g/mol. The molecule has 0 fully saturated rings. The van der Waals surface area contributed by atoms with E-state index in [0.29, 0.717) is 11.3 Å². The Morgan fingerprint density at radius 2 is 2.00 bits per heavy atom. The molecule has 0 unspecified atom stereocenters. The number of halogens is 3.